The van der Waals surface area contributed by atoms with Crippen molar-refractivity contribution in [3.05, 3.63) is 29.6 Å². The molecule has 1 aliphatic heterocycles. The zero-order valence-electron chi connectivity index (χ0n) is 12.4. The van der Waals surface area contributed by atoms with Crippen molar-refractivity contribution in [2.75, 3.05) is 31.4 Å². The highest BCUT2D eigenvalue weighted by Crippen LogP contribution is 2.21. The molecule has 0 amide bonds. The lowest BCUT2D eigenvalue weighted by molar-refractivity contribution is 0.272. The molecule has 0 atom stereocenters. The van der Waals surface area contributed by atoms with E-state index in [0.29, 0.717) is 24.6 Å². The fraction of sp³-hybridized carbons (Fsp3) is 0.571. The van der Waals surface area contributed by atoms with Gasteiger partial charge < -0.3 is 5.32 Å². The van der Waals surface area contributed by atoms with Crippen molar-refractivity contribution in [1.29, 1.82) is 0 Å². The third-order valence-electron chi connectivity index (χ3n) is 3.82. The Hall–Kier alpha value is -1.18. The van der Waals surface area contributed by atoms with E-state index in [2.05, 4.69) is 10.0 Å². The fourth-order valence-electron chi connectivity index (χ4n) is 2.51. The van der Waals surface area contributed by atoms with Crippen LogP contribution >= 0.6 is 0 Å². The lowest BCUT2D eigenvalue weighted by atomic mass is 9.98. The number of hydrogen-bond acceptors (Lipinski definition) is 3. The van der Waals surface area contributed by atoms with E-state index in [1.807, 2.05) is 7.05 Å². The molecule has 1 aliphatic rings. The van der Waals surface area contributed by atoms with E-state index in [0.717, 1.165) is 19.4 Å². The predicted octanol–water partition coefficient (Wildman–Crippen LogP) is 1.72. The summed E-state index contributed by atoms with van der Waals surface area (Å²) < 4.78 is 41.9. The highest BCUT2D eigenvalue weighted by atomic mass is 32.2. The van der Waals surface area contributed by atoms with Crippen LogP contribution in [0.2, 0.25) is 0 Å². The van der Waals surface area contributed by atoms with Gasteiger partial charge in [0.2, 0.25) is 0 Å². The monoisotopic (exact) mass is 315 g/mol. The highest BCUT2D eigenvalue weighted by molar-refractivity contribution is 7.90. The maximum absolute atomic E-state index is 13.5. The molecule has 1 aromatic rings. The topological polar surface area (TPSA) is 61.4 Å². The number of aryl methyl sites for hydroxylation is 1. The molecular weight excluding hydrogens is 293 g/mol. The van der Waals surface area contributed by atoms with E-state index in [-0.39, 0.29) is 5.69 Å². The van der Waals surface area contributed by atoms with E-state index in [9.17, 15) is 12.8 Å². The fourth-order valence-corrected chi connectivity index (χ4v) is 3.76. The maximum atomic E-state index is 13.5. The summed E-state index contributed by atoms with van der Waals surface area (Å²) in [6.45, 7) is 3.54. The lowest BCUT2D eigenvalue weighted by Gasteiger charge is -2.31. The molecule has 0 radical (unpaired) electrons. The molecule has 118 valence electrons. The third kappa shape index (κ3) is 4.15. The summed E-state index contributed by atoms with van der Waals surface area (Å²) >= 11 is 0. The Morgan fingerprint density at radius 3 is 2.57 bits per heavy atom. The zero-order valence-corrected chi connectivity index (χ0v) is 13.2. The van der Waals surface area contributed by atoms with E-state index in [1.165, 1.54) is 10.4 Å². The van der Waals surface area contributed by atoms with Gasteiger partial charge in [-0.2, -0.15) is 12.7 Å². The van der Waals surface area contributed by atoms with Crippen molar-refractivity contribution in [2.45, 2.75) is 19.8 Å². The van der Waals surface area contributed by atoms with Gasteiger partial charge in [-0.15, -0.1) is 0 Å². The lowest BCUT2D eigenvalue weighted by Crippen LogP contribution is -2.43. The molecule has 0 unspecified atom stereocenters. The number of nitrogens with one attached hydrogen (secondary N) is 2. The van der Waals surface area contributed by atoms with Crippen molar-refractivity contribution in [3.63, 3.8) is 0 Å². The van der Waals surface area contributed by atoms with E-state index in [4.69, 9.17) is 0 Å². The van der Waals surface area contributed by atoms with Gasteiger partial charge in [-0.3, -0.25) is 4.72 Å². The number of hydrogen-bond donors (Lipinski definition) is 2. The van der Waals surface area contributed by atoms with Gasteiger partial charge in [-0.25, -0.2) is 4.39 Å². The normalized spacial score (nSPS) is 17.9. The minimum Gasteiger partial charge on any atom is -0.319 e. The van der Waals surface area contributed by atoms with Crippen LogP contribution in [-0.2, 0) is 10.2 Å². The van der Waals surface area contributed by atoms with Crippen LogP contribution < -0.4 is 10.0 Å². The number of benzene rings is 1. The Morgan fingerprint density at radius 1 is 1.33 bits per heavy atom. The molecule has 1 aromatic carbocycles. The zero-order chi connectivity index (χ0) is 15.5. The average molecular weight is 315 g/mol. The average Bonchev–Trinajstić information content (AvgIpc) is 2.44. The molecule has 7 heteroatoms. The summed E-state index contributed by atoms with van der Waals surface area (Å²) in [4.78, 5) is 0. The van der Waals surface area contributed by atoms with Gasteiger partial charge in [0.05, 0.1) is 5.69 Å². The van der Waals surface area contributed by atoms with Crippen LogP contribution in [0.15, 0.2) is 18.2 Å². The number of rotatable bonds is 5. The molecule has 2 rings (SSSR count). The number of halogens is 1. The first-order valence-corrected chi connectivity index (χ1v) is 8.55. The molecule has 1 fully saturated rings. The smallest absolute Gasteiger partial charge is 0.301 e. The van der Waals surface area contributed by atoms with Gasteiger partial charge in [0.1, 0.15) is 5.82 Å². The summed E-state index contributed by atoms with van der Waals surface area (Å²) in [6, 6.07) is 4.34. The summed E-state index contributed by atoms with van der Waals surface area (Å²) in [7, 11) is -1.71. The first kappa shape index (κ1) is 16.2. The minimum absolute atomic E-state index is 0.260. The third-order valence-corrected chi connectivity index (χ3v) is 5.36. The largest absolute Gasteiger partial charge is 0.319 e. The SMILES string of the molecule is CNCC1CCN(S(=O)(=O)Nc2ccc(C)c(F)c2)CC1. The summed E-state index contributed by atoms with van der Waals surface area (Å²) in [5.74, 6) is 0.0983. The van der Waals surface area contributed by atoms with Crippen LogP contribution in [0.25, 0.3) is 0 Å². The van der Waals surface area contributed by atoms with Gasteiger partial charge in [-0.05, 0) is 57.0 Å². The first-order chi connectivity index (χ1) is 9.92. The molecule has 1 saturated heterocycles. The molecule has 5 nitrogen and oxygen atoms in total. The second-order valence-electron chi connectivity index (χ2n) is 5.47. The molecule has 1 heterocycles. The van der Waals surface area contributed by atoms with Gasteiger partial charge >= 0.3 is 10.2 Å². The van der Waals surface area contributed by atoms with Gasteiger partial charge in [0, 0.05) is 13.1 Å². The van der Waals surface area contributed by atoms with E-state index in [1.54, 1.807) is 19.1 Å². The van der Waals surface area contributed by atoms with E-state index < -0.39 is 16.0 Å². The number of nitrogens with zero attached hydrogens (tertiary/aromatic N) is 1. The summed E-state index contributed by atoms with van der Waals surface area (Å²) in [5.41, 5.74) is 0.751. The first-order valence-electron chi connectivity index (χ1n) is 7.11. The van der Waals surface area contributed by atoms with Crippen molar-refractivity contribution in [3.8, 4) is 0 Å². The Balaban J connectivity index is 2.00. The molecule has 2 N–H and O–H groups in total. The van der Waals surface area contributed by atoms with Crippen LogP contribution in [0, 0.1) is 18.7 Å². The number of piperidine rings is 1. The van der Waals surface area contributed by atoms with Crippen LogP contribution in [0.1, 0.15) is 18.4 Å². The maximum Gasteiger partial charge on any atom is 0.301 e. The molecule has 0 aliphatic carbocycles. The molecule has 0 spiro atoms. The van der Waals surface area contributed by atoms with Crippen LogP contribution in [0.5, 0.6) is 0 Å². The predicted molar refractivity (Wildman–Crippen MR) is 81.9 cm³/mol. The minimum atomic E-state index is -3.61. The second kappa shape index (κ2) is 6.72. The van der Waals surface area contributed by atoms with E-state index >= 15 is 0 Å². The van der Waals surface area contributed by atoms with Crippen LogP contribution in [-0.4, -0.2) is 39.4 Å². The number of anilines is 1. The van der Waals surface area contributed by atoms with Crippen molar-refractivity contribution >= 4 is 15.9 Å². The van der Waals surface area contributed by atoms with Gasteiger partial charge in [-0.1, -0.05) is 6.07 Å². The molecule has 0 bridgehead atoms. The van der Waals surface area contributed by atoms with Crippen molar-refractivity contribution in [2.24, 2.45) is 5.92 Å². The molecule has 0 saturated carbocycles. The molecule has 0 aromatic heterocycles. The summed E-state index contributed by atoms with van der Waals surface area (Å²) in [6.07, 6.45) is 1.67. The van der Waals surface area contributed by atoms with Crippen molar-refractivity contribution < 1.29 is 12.8 Å². The van der Waals surface area contributed by atoms with Gasteiger partial charge in [0.15, 0.2) is 0 Å². The molecule has 21 heavy (non-hydrogen) atoms. The Bertz CT molecular complexity index is 584. The Morgan fingerprint density at radius 2 is 2.00 bits per heavy atom. The summed E-state index contributed by atoms with van der Waals surface area (Å²) in [5, 5.41) is 3.12. The van der Waals surface area contributed by atoms with Crippen molar-refractivity contribution in [1.82, 2.24) is 9.62 Å². The standard InChI is InChI=1S/C14H22FN3O2S/c1-11-3-4-13(9-14(11)15)17-21(19,20)18-7-5-12(6-8-18)10-16-2/h3-4,9,12,16-17H,5-8,10H2,1-2H3. The quantitative estimate of drug-likeness (QED) is 0.870. The van der Waals surface area contributed by atoms with Gasteiger partial charge in [0.25, 0.3) is 0 Å². The van der Waals surface area contributed by atoms with Crippen LogP contribution in [0.4, 0.5) is 10.1 Å². The second-order valence-corrected chi connectivity index (χ2v) is 7.14. The van der Waals surface area contributed by atoms with Crippen LogP contribution in [0.3, 0.4) is 0 Å². The Kier molecular flexibility index (Phi) is 5.18. The highest BCUT2D eigenvalue weighted by Gasteiger charge is 2.27. The molecular formula is C14H22FN3O2S. The Labute approximate surface area is 125 Å².